The standard InChI is InChI=1S/C13H27N3O2S/c1-11(2)14-10-12(3)19(17,18)16-8-6-15(7-9-16)13-4-5-13/h11-14H,4-10H2,1-3H3. The summed E-state index contributed by atoms with van der Waals surface area (Å²) in [5.41, 5.74) is 0. The highest BCUT2D eigenvalue weighted by atomic mass is 32.2. The second-order valence-corrected chi connectivity index (χ2v) is 8.44. The van der Waals surface area contributed by atoms with Crippen LogP contribution in [0.15, 0.2) is 0 Å². The maximum Gasteiger partial charge on any atom is 0.218 e. The van der Waals surface area contributed by atoms with Gasteiger partial charge in [-0.1, -0.05) is 13.8 Å². The summed E-state index contributed by atoms with van der Waals surface area (Å²) < 4.78 is 26.6. The minimum Gasteiger partial charge on any atom is -0.313 e. The van der Waals surface area contributed by atoms with E-state index in [0.717, 1.165) is 19.1 Å². The van der Waals surface area contributed by atoms with Crippen molar-refractivity contribution in [1.29, 1.82) is 0 Å². The first-order chi connectivity index (χ1) is 8.91. The molecule has 1 aliphatic heterocycles. The molecule has 2 rings (SSSR count). The van der Waals surface area contributed by atoms with E-state index in [0.29, 0.717) is 25.7 Å². The van der Waals surface area contributed by atoms with Crippen LogP contribution in [-0.2, 0) is 10.0 Å². The van der Waals surface area contributed by atoms with Crippen molar-refractivity contribution in [1.82, 2.24) is 14.5 Å². The van der Waals surface area contributed by atoms with E-state index in [-0.39, 0.29) is 5.25 Å². The third-order valence-corrected chi connectivity index (χ3v) is 6.29. The van der Waals surface area contributed by atoms with Crippen LogP contribution in [0.25, 0.3) is 0 Å². The molecule has 1 atom stereocenters. The molecule has 1 saturated carbocycles. The fourth-order valence-corrected chi connectivity index (χ4v) is 4.01. The number of hydrogen-bond acceptors (Lipinski definition) is 4. The lowest BCUT2D eigenvalue weighted by Crippen LogP contribution is -2.52. The Balaban J connectivity index is 1.85. The number of nitrogens with zero attached hydrogens (tertiary/aromatic N) is 2. The minimum atomic E-state index is -3.14. The van der Waals surface area contributed by atoms with E-state index >= 15 is 0 Å². The van der Waals surface area contributed by atoms with Gasteiger partial charge in [0.05, 0.1) is 5.25 Å². The molecule has 1 aliphatic carbocycles. The summed E-state index contributed by atoms with van der Waals surface area (Å²) in [5.74, 6) is 0. The van der Waals surface area contributed by atoms with Crippen molar-refractivity contribution in [2.45, 2.75) is 50.9 Å². The first kappa shape index (κ1) is 15.2. The Morgan fingerprint density at radius 1 is 1.11 bits per heavy atom. The van der Waals surface area contributed by atoms with Gasteiger partial charge < -0.3 is 5.32 Å². The number of piperazine rings is 1. The highest BCUT2D eigenvalue weighted by Crippen LogP contribution is 2.28. The van der Waals surface area contributed by atoms with Crippen LogP contribution in [0.1, 0.15) is 33.6 Å². The molecule has 0 amide bonds. The van der Waals surface area contributed by atoms with Crippen molar-refractivity contribution in [2.24, 2.45) is 0 Å². The zero-order valence-corrected chi connectivity index (χ0v) is 13.1. The van der Waals surface area contributed by atoms with E-state index < -0.39 is 10.0 Å². The average Bonchev–Trinajstić information content (AvgIpc) is 3.20. The van der Waals surface area contributed by atoms with Crippen LogP contribution >= 0.6 is 0 Å². The van der Waals surface area contributed by atoms with Crippen LogP contribution in [0.5, 0.6) is 0 Å². The molecule has 1 unspecified atom stereocenters. The van der Waals surface area contributed by atoms with E-state index in [1.165, 1.54) is 12.8 Å². The van der Waals surface area contributed by atoms with Crippen LogP contribution in [0, 0.1) is 0 Å². The van der Waals surface area contributed by atoms with Gasteiger partial charge in [0.25, 0.3) is 0 Å². The number of rotatable bonds is 6. The van der Waals surface area contributed by atoms with Crippen molar-refractivity contribution in [3.05, 3.63) is 0 Å². The van der Waals surface area contributed by atoms with E-state index in [2.05, 4.69) is 10.2 Å². The quantitative estimate of drug-likeness (QED) is 0.773. The predicted molar refractivity (Wildman–Crippen MR) is 77.7 cm³/mol. The lowest BCUT2D eigenvalue weighted by Gasteiger charge is -2.35. The van der Waals surface area contributed by atoms with Gasteiger partial charge in [0.15, 0.2) is 0 Å². The van der Waals surface area contributed by atoms with Gasteiger partial charge in [-0.3, -0.25) is 4.90 Å². The first-order valence-corrected chi connectivity index (χ1v) is 8.88. The average molecular weight is 289 g/mol. The van der Waals surface area contributed by atoms with Gasteiger partial charge in [0.2, 0.25) is 10.0 Å². The van der Waals surface area contributed by atoms with Crippen LogP contribution in [0.4, 0.5) is 0 Å². The SMILES string of the molecule is CC(C)NCC(C)S(=O)(=O)N1CCN(C2CC2)CC1. The Morgan fingerprint density at radius 3 is 2.16 bits per heavy atom. The lowest BCUT2D eigenvalue weighted by atomic mass is 10.3. The molecular formula is C13H27N3O2S. The Morgan fingerprint density at radius 2 is 1.68 bits per heavy atom. The Hall–Kier alpha value is -0.170. The molecule has 1 N–H and O–H groups in total. The molecule has 2 aliphatic rings. The van der Waals surface area contributed by atoms with Crippen molar-refractivity contribution >= 4 is 10.0 Å². The van der Waals surface area contributed by atoms with Gasteiger partial charge >= 0.3 is 0 Å². The summed E-state index contributed by atoms with van der Waals surface area (Å²) >= 11 is 0. The fourth-order valence-electron chi connectivity index (χ4n) is 2.52. The molecular weight excluding hydrogens is 262 g/mol. The number of nitrogens with one attached hydrogen (secondary N) is 1. The van der Waals surface area contributed by atoms with E-state index in [1.807, 2.05) is 13.8 Å². The molecule has 0 aromatic heterocycles. The summed E-state index contributed by atoms with van der Waals surface area (Å²) in [6.45, 7) is 9.51. The summed E-state index contributed by atoms with van der Waals surface area (Å²) in [7, 11) is -3.14. The molecule has 0 spiro atoms. The monoisotopic (exact) mass is 289 g/mol. The maximum atomic E-state index is 12.5. The summed E-state index contributed by atoms with van der Waals surface area (Å²) in [5, 5.41) is 2.87. The Bertz CT molecular complexity index is 385. The van der Waals surface area contributed by atoms with Crippen LogP contribution in [0.2, 0.25) is 0 Å². The molecule has 0 radical (unpaired) electrons. The first-order valence-electron chi connectivity index (χ1n) is 7.37. The van der Waals surface area contributed by atoms with E-state index in [4.69, 9.17) is 0 Å². The largest absolute Gasteiger partial charge is 0.313 e. The van der Waals surface area contributed by atoms with E-state index in [1.54, 1.807) is 11.2 Å². The fraction of sp³-hybridized carbons (Fsp3) is 1.00. The molecule has 2 fully saturated rings. The number of hydrogen-bond donors (Lipinski definition) is 1. The molecule has 0 aromatic carbocycles. The van der Waals surface area contributed by atoms with Gasteiger partial charge in [-0.05, 0) is 19.8 Å². The smallest absolute Gasteiger partial charge is 0.218 e. The zero-order chi connectivity index (χ0) is 14.0. The molecule has 1 saturated heterocycles. The molecule has 112 valence electrons. The molecule has 6 heteroatoms. The molecule has 0 aromatic rings. The van der Waals surface area contributed by atoms with Crippen LogP contribution in [-0.4, -0.2) is 67.7 Å². The van der Waals surface area contributed by atoms with Crippen molar-refractivity contribution in [3.63, 3.8) is 0 Å². The van der Waals surface area contributed by atoms with Gasteiger partial charge in [0.1, 0.15) is 0 Å². The van der Waals surface area contributed by atoms with Crippen molar-refractivity contribution in [3.8, 4) is 0 Å². The molecule has 5 nitrogen and oxygen atoms in total. The van der Waals surface area contributed by atoms with E-state index in [9.17, 15) is 8.42 Å². The lowest BCUT2D eigenvalue weighted by molar-refractivity contribution is 0.180. The van der Waals surface area contributed by atoms with Crippen molar-refractivity contribution < 1.29 is 8.42 Å². The highest BCUT2D eigenvalue weighted by Gasteiger charge is 2.36. The van der Waals surface area contributed by atoms with Crippen molar-refractivity contribution in [2.75, 3.05) is 32.7 Å². The second-order valence-electron chi connectivity index (χ2n) is 6.08. The van der Waals surface area contributed by atoms with Crippen LogP contribution in [0.3, 0.4) is 0 Å². The summed E-state index contributed by atoms with van der Waals surface area (Å²) in [6.07, 6.45) is 2.59. The third-order valence-electron chi connectivity index (χ3n) is 4.02. The normalized spacial score (nSPS) is 24.8. The zero-order valence-electron chi connectivity index (χ0n) is 12.3. The Kier molecular flexibility index (Phi) is 4.87. The minimum absolute atomic E-state index is 0.323. The van der Waals surface area contributed by atoms with Gasteiger partial charge in [-0.25, -0.2) is 8.42 Å². The summed E-state index contributed by atoms with van der Waals surface area (Å²) in [6, 6.07) is 1.06. The molecule has 0 bridgehead atoms. The summed E-state index contributed by atoms with van der Waals surface area (Å²) in [4.78, 5) is 2.43. The third kappa shape index (κ3) is 3.90. The molecule has 19 heavy (non-hydrogen) atoms. The van der Waals surface area contributed by atoms with Gasteiger partial charge in [-0.2, -0.15) is 4.31 Å². The highest BCUT2D eigenvalue weighted by molar-refractivity contribution is 7.89. The maximum absolute atomic E-state index is 12.5. The number of sulfonamides is 1. The van der Waals surface area contributed by atoms with Gasteiger partial charge in [-0.15, -0.1) is 0 Å². The van der Waals surface area contributed by atoms with Gasteiger partial charge in [0, 0.05) is 44.8 Å². The topological polar surface area (TPSA) is 52.7 Å². The molecule has 1 heterocycles. The second kappa shape index (κ2) is 6.08. The predicted octanol–water partition coefficient (Wildman–Crippen LogP) is 0.483. The van der Waals surface area contributed by atoms with Crippen LogP contribution < -0.4 is 5.32 Å². The Labute approximate surface area is 117 Å².